The lowest BCUT2D eigenvalue weighted by atomic mass is 9.97. The summed E-state index contributed by atoms with van der Waals surface area (Å²) in [4.78, 5) is 27.6. The first-order chi connectivity index (χ1) is 12.2. The smallest absolute Gasteiger partial charge is 0.230 e. The van der Waals surface area contributed by atoms with Gasteiger partial charge in [0, 0.05) is 26.3 Å². The van der Waals surface area contributed by atoms with Gasteiger partial charge < -0.3 is 10.2 Å². The molecule has 1 unspecified atom stereocenters. The number of nitrogens with zero attached hydrogens (tertiary/aromatic N) is 6. The summed E-state index contributed by atoms with van der Waals surface area (Å²) in [5.74, 6) is 1.33. The lowest BCUT2D eigenvalue weighted by Gasteiger charge is -2.32. The van der Waals surface area contributed by atoms with Crippen LogP contribution in [0.3, 0.4) is 0 Å². The summed E-state index contributed by atoms with van der Waals surface area (Å²) in [6.07, 6.45) is 6.80. The van der Waals surface area contributed by atoms with Crippen molar-refractivity contribution >= 4 is 28.6 Å². The molecule has 4 heterocycles. The van der Waals surface area contributed by atoms with E-state index in [9.17, 15) is 4.79 Å². The average Bonchev–Trinajstić information content (AvgIpc) is 3.04. The fourth-order valence-corrected chi connectivity index (χ4v) is 3.25. The van der Waals surface area contributed by atoms with E-state index < -0.39 is 0 Å². The van der Waals surface area contributed by atoms with E-state index in [1.807, 2.05) is 19.2 Å². The maximum absolute atomic E-state index is 12.6. The van der Waals surface area contributed by atoms with Crippen LogP contribution in [-0.2, 0) is 11.8 Å². The second-order valence-corrected chi connectivity index (χ2v) is 6.19. The van der Waals surface area contributed by atoms with Crippen molar-refractivity contribution in [2.75, 3.05) is 23.3 Å². The molecule has 1 amide bonds. The van der Waals surface area contributed by atoms with Gasteiger partial charge in [0.25, 0.3) is 0 Å². The van der Waals surface area contributed by atoms with Crippen molar-refractivity contribution in [2.45, 2.75) is 12.8 Å². The second-order valence-electron chi connectivity index (χ2n) is 6.19. The number of anilines is 2. The molecule has 1 N–H and O–H groups in total. The lowest BCUT2D eigenvalue weighted by molar-refractivity contribution is -0.120. The number of carbonyl (C=O) groups is 1. The van der Waals surface area contributed by atoms with Crippen LogP contribution >= 0.6 is 0 Å². The number of hydrogen-bond donors (Lipinski definition) is 1. The molecule has 1 fully saturated rings. The van der Waals surface area contributed by atoms with Gasteiger partial charge >= 0.3 is 0 Å². The monoisotopic (exact) mass is 337 g/mol. The third-order valence-corrected chi connectivity index (χ3v) is 4.52. The zero-order valence-electron chi connectivity index (χ0n) is 14.0. The molecule has 0 saturated carbocycles. The predicted octanol–water partition coefficient (Wildman–Crippen LogP) is 1.61. The Hall–Kier alpha value is -3.03. The van der Waals surface area contributed by atoms with E-state index in [2.05, 4.69) is 30.3 Å². The van der Waals surface area contributed by atoms with Crippen molar-refractivity contribution in [2.24, 2.45) is 13.0 Å². The van der Waals surface area contributed by atoms with Crippen molar-refractivity contribution in [3.8, 4) is 0 Å². The normalized spacial score (nSPS) is 17.6. The largest absolute Gasteiger partial charge is 0.355 e. The summed E-state index contributed by atoms with van der Waals surface area (Å²) in [7, 11) is 1.86. The summed E-state index contributed by atoms with van der Waals surface area (Å²) in [5.41, 5.74) is 0.796. The lowest BCUT2D eigenvalue weighted by Crippen LogP contribution is -2.41. The highest BCUT2D eigenvalue weighted by atomic mass is 16.2. The van der Waals surface area contributed by atoms with Crippen LogP contribution in [0, 0.1) is 5.92 Å². The van der Waals surface area contributed by atoms with Gasteiger partial charge in [-0.2, -0.15) is 5.10 Å². The van der Waals surface area contributed by atoms with Gasteiger partial charge in [-0.3, -0.25) is 9.48 Å². The number of piperidine rings is 1. The molecule has 0 spiro atoms. The molecule has 1 saturated heterocycles. The summed E-state index contributed by atoms with van der Waals surface area (Å²) in [6, 6.07) is 5.48. The number of rotatable bonds is 3. The van der Waals surface area contributed by atoms with Gasteiger partial charge in [-0.05, 0) is 25.0 Å². The Labute approximate surface area is 144 Å². The van der Waals surface area contributed by atoms with Crippen molar-refractivity contribution in [3.05, 3.63) is 36.9 Å². The zero-order valence-corrected chi connectivity index (χ0v) is 14.0. The summed E-state index contributed by atoms with van der Waals surface area (Å²) in [5, 5.41) is 8.07. The zero-order chi connectivity index (χ0) is 17.2. The highest BCUT2D eigenvalue weighted by Crippen LogP contribution is 2.27. The molecule has 25 heavy (non-hydrogen) atoms. The molecule has 0 radical (unpaired) electrons. The molecule has 1 atom stereocenters. The molecule has 4 rings (SSSR count). The van der Waals surface area contributed by atoms with Crippen molar-refractivity contribution in [1.82, 2.24) is 24.7 Å². The minimum absolute atomic E-state index is 0.000105. The molecule has 0 bridgehead atoms. The molecule has 128 valence electrons. The molecular formula is C17H19N7O. The number of carbonyl (C=O) groups excluding carboxylic acids is 1. The first kappa shape index (κ1) is 15.5. The molecule has 0 aliphatic carbocycles. The molecule has 1 aliphatic heterocycles. The number of nitrogens with one attached hydrogen (secondary N) is 1. The minimum atomic E-state index is -0.0996. The fourth-order valence-electron chi connectivity index (χ4n) is 3.25. The molecule has 3 aromatic rings. The van der Waals surface area contributed by atoms with E-state index in [1.54, 1.807) is 29.5 Å². The Kier molecular flexibility index (Phi) is 4.01. The van der Waals surface area contributed by atoms with Crippen LogP contribution in [0.5, 0.6) is 0 Å². The topological polar surface area (TPSA) is 88.8 Å². The summed E-state index contributed by atoms with van der Waals surface area (Å²) in [6.45, 7) is 1.49. The Bertz CT molecular complexity index is 892. The predicted molar refractivity (Wildman–Crippen MR) is 94.1 cm³/mol. The second kappa shape index (κ2) is 6.46. The maximum Gasteiger partial charge on any atom is 0.230 e. The van der Waals surface area contributed by atoms with Gasteiger partial charge in [0.1, 0.15) is 18.0 Å². The van der Waals surface area contributed by atoms with Crippen molar-refractivity contribution in [3.63, 3.8) is 0 Å². The van der Waals surface area contributed by atoms with E-state index in [0.717, 1.165) is 36.2 Å². The number of pyridine rings is 1. The van der Waals surface area contributed by atoms with Gasteiger partial charge in [0.15, 0.2) is 5.65 Å². The van der Waals surface area contributed by atoms with Gasteiger partial charge in [0.05, 0.1) is 17.5 Å². The highest BCUT2D eigenvalue weighted by molar-refractivity contribution is 5.92. The van der Waals surface area contributed by atoms with E-state index in [4.69, 9.17) is 0 Å². The minimum Gasteiger partial charge on any atom is -0.355 e. The number of fused-ring (bicyclic) bond motifs is 1. The quantitative estimate of drug-likeness (QED) is 0.781. The first-order valence-corrected chi connectivity index (χ1v) is 8.32. The molecule has 0 aromatic carbocycles. The fraction of sp³-hybridized carbons (Fsp3) is 0.353. The standard InChI is InChI=1S/C17H19N7O/c1-23-15-13(9-21-23)16(20-11-19-15)24-8-4-5-12(10-24)17(25)22-14-6-2-3-7-18-14/h2-3,6-7,9,11-12H,4-5,8,10H2,1H3,(H,18,22,25). The maximum atomic E-state index is 12.6. The molecular weight excluding hydrogens is 318 g/mol. The highest BCUT2D eigenvalue weighted by Gasteiger charge is 2.28. The molecule has 1 aliphatic rings. The van der Waals surface area contributed by atoms with Crippen molar-refractivity contribution < 1.29 is 4.79 Å². The van der Waals surface area contributed by atoms with Gasteiger partial charge in [-0.1, -0.05) is 6.07 Å². The third-order valence-electron chi connectivity index (χ3n) is 4.52. The van der Waals surface area contributed by atoms with Crippen LogP contribution in [0.2, 0.25) is 0 Å². The van der Waals surface area contributed by atoms with E-state index in [1.165, 1.54) is 0 Å². The Morgan fingerprint density at radius 2 is 2.20 bits per heavy atom. The molecule has 3 aromatic heterocycles. The van der Waals surface area contributed by atoms with Gasteiger partial charge in [0.2, 0.25) is 5.91 Å². The number of hydrogen-bond acceptors (Lipinski definition) is 6. The number of amides is 1. The van der Waals surface area contributed by atoms with Crippen LogP contribution in [0.25, 0.3) is 11.0 Å². The number of aryl methyl sites for hydroxylation is 1. The average molecular weight is 337 g/mol. The molecule has 8 nitrogen and oxygen atoms in total. The Morgan fingerprint density at radius 3 is 3.04 bits per heavy atom. The van der Waals surface area contributed by atoms with Crippen LogP contribution in [-0.4, -0.2) is 43.7 Å². The van der Waals surface area contributed by atoms with Crippen LogP contribution in [0.1, 0.15) is 12.8 Å². The Balaban J connectivity index is 1.53. The first-order valence-electron chi connectivity index (χ1n) is 8.32. The Morgan fingerprint density at radius 1 is 1.28 bits per heavy atom. The van der Waals surface area contributed by atoms with Crippen LogP contribution in [0.4, 0.5) is 11.6 Å². The van der Waals surface area contributed by atoms with Gasteiger partial charge in [-0.25, -0.2) is 15.0 Å². The van der Waals surface area contributed by atoms with E-state index >= 15 is 0 Å². The third kappa shape index (κ3) is 3.02. The molecule has 8 heteroatoms. The van der Waals surface area contributed by atoms with Crippen LogP contribution in [0.15, 0.2) is 36.9 Å². The van der Waals surface area contributed by atoms with Crippen molar-refractivity contribution in [1.29, 1.82) is 0 Å². The summed E-state index contributed by atoms with van der Waals surface area (Å²) >= 11 is 0. The van der Waals surface area contributed by atoms with Crippen LogP contribution < -0.4 is 10.2 Å². The van der Waals surface area contributed by atoms with Gasteiger partial charge in [-0.15, -0.1) is 0 Å². The summed E-state index contributed by atoms with van der Waals surface area (Å²) < 4.78 is 1.73. The number of aromatic nitrogens is 5. The van der Waals surface area contributed by atoms with E-state index in [-0.39, 0.29) is 11.8 Å². The SMILES string of the molecule is Cn1ncc2c(N3CCCC(C(=O)Nc4ccccn4)C3)ncnc21. The van der Waals surface area contributed by atoms with E-state index in [0.29, 0.717) is 12.4 Å².